The van der Waals surface area contributed by atoms with Crippen molar-refractivity contribution < 1.29 is 5.11 Å². The molecule has 2 rings (SSSR count). The second kappa shape index (κ2) is 7.68. The molecule has 1 heterocycles. The highest BCUT2D eigenvalue weighted by Gasteiger charge is 2.18. The van der Waals surface area contributed by atoms with Crippen LogP contribution in [0.1, 0.15) is 30.9 Å². The van der Waals surface area contributed by atoms with Crippen molar-refractivity contribution in [2.24, 2.45) is 12.0 Å². The van der Waals surface area contributed by atoms with Gasteiger partial charge >= 0.3 is 0 Å². The van der Waals surface area contributed by atoms with Gasteiger partial charge in [0, 0.05) is 38.4 Å². The molecule has 1 fully saturated rings. The van der Waals surface area contributed by atoms with Crippen LogP contribution >= 0.6 is 24.0 Å². The van der Waals surface area contributed by atoms with E-state index in [0.29, 0.717) is 12.6 Å². The summed E-state index contributed by atoms with van der Waals surface area (Å²) in [6.45, 7) is 0.429. The number of aromatic nitrogens is 2. The fraction of sp³-hybridized carbons (Fsp3) is 0.667. The normalized spacial score (nSPS) is 17.3. The highest BCUT2D eigenvalue weighted by Crippen LogP contribution is 2.17. The first-order chi connectivity index (χ1) is 8.69. The topological polar surface area (TPSA) is 74.5 Å². The van der Waals surface area contributed by atoms with Crippen LogP contribution < -0.4 is 10.6 Å². The highest BCUT2D eigenvalue weighted by atomic mass is 127. The van der Waals surface area contributed by atoms with Crippen LogP contribution in [0.4, 0.5) is 0 Å². The number of nitrogens with one attached hydrogen (secondary N) is 2. The number of guanidine groups is 1. The third kappa shape index (κ3) is 4.64. The minimum Gasteiger partial charge on any atom is -0.386 e. The summed E-state index contributed by atoms with van der Waals surface area (Å²) in [7, 11) is 3.57. The van der Waals surface area contributed by atoms with Crippen LogP contribution in [-0.2, 0) is 7.05 Å². The van der Waals surface area contributed by atoms with Crippen LogP contribution in [0.3, 0.4) is 0 Å². The molecule has 0 aromatic carbocycles. The fourth-order valence-corrected chi connectivity index (χ4v) is 1.86. The molecular formula is C12H22IN5O. The molecule has 1 aliphatic carbocycles. The maximum Gasteiger partial charge on any atom is 0.191 e. The van der Waals surface area contributed by atoms with E-state index in [1.54, 1.807) is 17.9 Å². The van der Waals surface area contributed by atoms with E-state index in [4.69, 9.17) is 0 Å². The summed E-state index contributed by atoms with van der Waals surface area (Å²) >= 11 is 0. The molecular weight excluding hydrogens is 357 g/mol. The third-order valence-corrected chi connectivity index (χ3v) is 3.24. The van der Waals surface area contributed by atoms with Crippen molar-refractivity contribution in [2.45, 2.75) is 31.4 Å². The summed E-state index contributed by atoms with van der Waals surface area (Å²) < 4.78 is 1.68. The van der Waals surface area contributed by atoms with E-state index in [1.165, 1.54) is 19.3 Å². The Hall–Kier alpha value is -0.830. The lowest BCUT2D eigenvalue weighted by Gasteiger charge is -2.28. The Bertz CT molecular complexity index is 416. The maximum absolute atomic E-state index is 9.98. The van der Waals surface area contributed by atoms with E-state index in [-0.39, 0.29) is 24.0 Å². The highest BCUT2D eigenvalue weighted by molar-refractivity contribution is 14.0. The smallest absolute Gasteiger partial charge is 0.191 e. The lowest BCUT2D eigenvalue weighted by molar-refractivity contribution is 0.180. The summed E-state index contributed by atoms with van der Waals surface area (Å²) in [5.41, 5.74) is 0.809. The summed E-state index contributed by atoms with van der Waals surface area (Å²) in [6, 6.07) is 0.534. The fourth-order valence-electron chi connectivity index (χ4n) is 1.86. The first kappa shape index (κ1) is 16.2. The van der Waals surface area contributed by atoms with E-state index < -0.39 is 6.10 Å². The molecule has 0 spiro atoms. The van der Waals surface area contributed by atoms with E-state index >= 15 is 0 Å². The van der Waals surface area contributed by atoms with Crippen molar-refractivity contribution in [3.8, 4) is 0 Å². The van der Waals surface area contributed by atoms with Gasteiger partial charge in [-0.05, 0) is 19.3 Å². The van der Waals surface area contributed by atoms with Gasteiger partial charge in [-0.15, -0.1) is 24.0 Å². The summed E-state index contributed by atoms with van der Waals surface area (Å²) in [5.74, 6) is 0.752. The molecule has 19 heavy (non-hydrogen) atoms. The number of halogens is 1. The van der Waals surface area contributed by atoms with E-state index in [2.05, 4.69) is 20.7 Å². The number of aliphatic imine (C=N–C) groups is 1. The minimum absolute atomic E-state index is 0. The maximum atomic E-state index is 9.98. The van der Waals surface area contributed by atoms with Crippen LogP contribution in [0.25, 0.3) is 0 Å². The molecule has 1 unspecified atom stereocenters. The zero-order chi connectivity index (χ0) is 13.0. The first-order valence-electron chi connectivity index (χ1n) is 6.33. The zero-order valence-electron chi connectivity index (χ0n) is 11.3. The van der Waals surface area contributed by atoms with Crippen molar-refractivity contribution in [1.82, 2.24) is 20.4 Å². The van der Waals surface area contributed by atoms with Crippen LogP contribution in [0, 0.1) is 0 Å². The number of aliphatic hydroxyl groups is 1. The van der Waals surface area contributed by atoms with Crippen LogP contribution in [0.5, 0.6) is 0 Å². The van der Waals surface area contributed by atoms with Crippen LogP contribution in [-0.4, -0.2) is 40.5 Å². The molecule has 1 aliphatic rings. The van der Waals surface area contributed by atoms with Gasteiger partial charge in [0.1, 0.15) is 0 Å². The Morgan fingerprint density at radius 1 is 1.63 bits per heavy atom. The van der Waals surface area contributed by atoms with Gasteiger partial charge in [-0.2, -0.15) is 5.10 Å². The number of aryl methyl sites for hydroxylation is 1. The predicted octanol–water partition coefficient (Wildman–Crippen LogP) is 0.789. The van der Waals surface area contributed by atoms with Crippen LogP contribution in [0.15, 0.2) is 17.4 Å². The molecule has 0 bridgehead atoms. The number of hydrogen-bond donors (Lipinski definition) is 3. The number of rotatable bonds is 4. The summed E-state index contributed by atoms with van der Waals surface area (Å²) in [4.78, 5) is 4.14. The van der Waals surface area contributed by atoms with Gasteiger partial charge in [0.2, 0.25) is 0 Å². The zero-order valence-corrected chi connectivity index (χ0v) is 13.7. The number of aliphatic hydroxyl groups excluding tert-OH is 1. The van der Waals surface area contributed by atoms with E-state index in [0.717, 1.165) is 11.5 Å². The van der Waals surface area contributed by atoms with Gasteiger partial charge in [-0.25, -0.2) is 0 Å². The standard InChI is InChI=1S/C12H21N5O.HI/c1-13-12(16-10-4-3-5-10)14-7-11(18)9-6-15-17(2)8-9;/h6,8,10-11,18H,3-5,7H2,1-2H3,(H2,13,14,16);1H. The number of hydrogen-bond acceptors (Lipinski definition) is 3. The minimum atomic E-state index is -0.571. The van der Waals surface area contributed by atoms with E-state index in [9.17, 15) is 5.11 Å². The Balaban J connectivity index is 0.00000180. The Kier molecular flexibility index (Phi) is 6.56. The molecule has 0 radical (unpaired) electrons. The van der Waals surface area contributed by atoms with Crippen molar-refractivity contribution in [2.75, 3.05) is 13.6 Å². The Morgan fingerprint density at radius 2 is 2.37 bits per heavy atom. The van der Waals surface area contributed by atoms with Crippen molar-refractivity contribution in [1.29, 1.82) is 0 Å². The molecule has 0 aliphatic heterocycles. The average molecular weight is 379 g/mol. The van der Waals surface area contributed by atoms with E-state index in [1.807, 2.05) is 13.2 Å². The first-order valence-corrected chi connectivity index (χ1v) is 6.33. The Morgan fingerprint density at radius 3 is 2.84 bits per heavy atom. The molecule has 108 valence electrons. The van der Waals surface area contributed by atoms with Crippen molar-refractivity contribution >= 4 is 29.9 Å². The number of nitrogens with zero attached hydrogens (tertiary/aromatic N) is 3. The van der Waals surface area contributed by atoms with Gasteiger partial charge in [-0.1, -0.05) is 0 Å². The van der Waals surface area contributed by atoms with Gasteiger partial charge < -0.3 is 15.7 Å². The monoisotopic (exact) mass is 379 g/mol. The van der Waals surface area contributed by atoms with Crippen LogP contribution in [0.2, 0.25) is 0 Å². The van der Waals surface area contributed by atoms with Gasteiger partial charge in [0.25, 0.3) is 0 Å². The quantitative estimate of drug-likeness (QED) is 0.411. The lowest BCUT2D eigenvalue weighted by atomic mass is 9.93. The van der Waals surface area contributed by atoms with Gasteiger partial charge in [0.15, 0.2) is 5.96 Å². The lowest BCUT2D eigenvalue weighted by Crippen LogP contribution is -2.47. The summed E-state index contributed by atoms with van der Waals surface area (Å²) in [6.07, 6.45) is 6.60. The van der Waals surface area contributed by atoms with Gasteiger partial charge in [0.05, 0.1) is 12.3 Å². The molecule has 1 aromatic rings. The Labute approximate surface area is 130 Å². The molecule has 6 nitrogen and oxygen atoms in total. The molecule has 0 saturated heterocycles. The third-order valence-electron chi connectivity index (χ3n) is 3.24. The molecule has 0 amide bonds. The molecule has 7 heteroatoms. The second-order valence-corrected chi connectivity index (χ2v) is 4.69. The molecule has 1 aromatic heterocycles. The molecule has 1 saturated carbocycles. The second-order valence-electron chi connectivity index (χ2n) is 4.69. The van der Waals surface area contributed by atoms with Gasteiger partial charge in [-0.3, -0.25) is 9.67 Å². The largest absolute Gasteiger partial charge is 0.386 e. The molecule has 1 atom stereocenters. The summed E-state index contributed by atoms with van der Waals surface area (Å²) in [5, 5.41) is 20.5. The van der Waals surface area contributed by atoms with Crippen molar-refractivity contribution in [3.05, 3.63) is 18.0 Å². The molecule has 3 N–H and O–H groups in total. The van der Waals surface area contributed by atoms with Crippen molar-refractivity contribution in [3.63, 3.8) is 0 Å². The predicted molar refractivity (Wildman–Crippen MR) is 85.7 cm³/mol. The average Bonchev–Trinajstić information content (AvgIpc) is 2.73. The SMILES string of the molecule is CN=C(NCC(O)c1cnn(C)c1)NC1CCC1.I.